The van der Waals surface area contributed by atoms with Crippen LogP contribution in [-0.2, 0) is 20.8 Å². The maximum atomic E-state index is 11.1. The van der Waals surface area contributed by atoms with Crippen molar-refractivity contribution < 1.29 is 36.3 Å². The van der Waals surface area contributed by atoms with Gasteiger partial charge in [0.1, 0.15) is 11.5 Å². The van der Waals surface area contributed by atoms with E-state index in [9.17, 15) is 4.79 Å². The van der Waals surface area contributed by atoms with E-state index >= 15 is 0 Å². The first-order valence-corrected chi connectivity index (χ1v) is 7.56. The fraction of sp³-hybridized carbons (Fsp3) is 0.316. The minimum absolute atomic E-state index is 0.0951. The molecule has 7 heteroatoms. The number of methoxy groups -OCH3 is 3. The monoisotopic (exact) mass is 366 g/mol. The van der Waals surface area contributed by atoms with Crippen LogP contribution in [0.5, 0.6) is 11.5 Å². The third kappa shape index (κ3) is 7.98. The van der Waals surface area contributed by atoms with Crippen LogP contribution in [0.15, 0.2) is 48.5 Å². The summed E-state index contributed by atoms with van der Waals surface area (Å²) in [4.78, 5) is 11.1. The summed E-state index contributed by atoms with van der Waals surface area (Å²) in [5.41, 5.74) is 0.618. The minimum atomic E-state index is -2.34. The van der Waals surface area contributed by atoms with E-state index in [2.05, 4.69) is 4.74 Å². The highest BCUT2D eigenvalue weighted by Crippen LogP contribution is 2.14. The first-order chi connectivity index (χ1) is 13.3. The molecule has 0 aliphatic rings. The fourth-order valence-electron chi connectivity index (χ4n) is 1.74. The van der Waals surface area contributed by atoms with Gasteiger partial charge in [0.15, 0.2) is 13.6 Å². The zero-order chi connectivity index (χ0) is 21.0. The second-order valence-electron chi connectivity index (χ2n) is 4.76. The molecule has 0 fully saturated rings. The van der Waals surface area contributed by atoms with Crippen LogP contribution in [0.25, 0.3) is 0 Å². The fourth-order valence-corrected chi connectivity index (χ4v) is 1.74. The molecule has 7 nitrogen and oxygen atoms in total. The largest absolute Gasteiger partial charge is 0.468 e. The van der Waals surface area contributed by atoms with E-state index in [4.69, 9.17) is 26.8 Å². The molecule has 0 unspecified atom stereocenters. The Balaban J connectivity index is 0.000000280. The summed E-state index contributed by atoms with van der Waals surface area (Å²) in [7, 11) is 4.37. The minimum Gasteiger partial charge on any atom is -0.468 e. The number of hydrogen-bond donors (Lipinski definition) is 1. The van der Waals surface area contributed by atoms with E-state index in [1.807, 2.05) is 0 Å². The Morgan fingerprint density at radius 1 is 0.962 bits per heavy atom. The Morgan fingerprint density at radius 3 is 2.08 bits per heavy atom. The standard InChI is InChI=1S/C10H12O4.C9H12O3/c1-12-7-14-9-5-3-4-8(6-9)10(11)13-2;1-11-7-12-9-4-2-3-8(5-9)6-10/h3-6H,7H2,1-2H3;2-5,10H,6-7H2,1H3/i;6D2. The third-order valence-electron chi connectivity index (χ3n) is 2.91. The van der Waals surface area contributed by atoms with Crippen LogP contribution < -0.4 is 9.47 Å². The Kier molecular flexibility index (Phi) is 8.89. The molecule has 1 N–H and O–H groups in total. The zero-order valence-electron chi connectivity index (χ0n) is 16.9. The maximum absolute atomic E-state index is 11.1. The van der Waals surface area contributed by atoms with Crippen LogP contribution >= 0.6 is 0 Å². The molecule has 0 heterocycles. The zero-order valence-corrected chi connectivity index (χ0v) is 14.9. The lowest BCUT2D eigenvalue weighted by molar-refractivity contribution is 0.0503. The smallest absolute Gasteiger partial charge is 0.337 e. The van der Waals surface area contributed by atoms with Crippen molar-refractivity contribution >= 4 is 5.97 Å². The van der Waals surface area contributed by atoms with Crippen molar-refractivity contribution in [2.45, 2.75) is 6.56 Å². The van der Waals surface area contributed by atoms with E-state index in [1.54, 1.807) is 36.4 Å². The van der Waals surface area contributed by atoms with Gasteiger partial charge in [-0.15, -0.1) is 0 Å². The van der Waals surface area contributed by atoms with Crippen molar-refractivity contribution in [2.75, 3.05) is 34.9 Å². The van der Waals surface area contributed by atoms with Crippen molar-refractivity contribution in [3.8, 4) is 11.5 Å². The Bertz CT molecular complexity index is 732. The van der Waals surface area contributed by atoms with Crippen LogP contribution in [0.1, 0.15) is 18.7 Å². The summed E-state index contributed by atoms with van der Waals surface area (Å²) in [5, 5.41) is 9.09. The second kappa shape index (κ2) is 12.7. The van der Waals surface area contributed by atoms with Crippen molar-refractivity contribution in [3.63, 3.8) is 0 Å². The SMILES string of the molecule is COCOc1cccc(C(=O)OC)c1.[2H]C([2H])(O)c1cccc(OCOC)c1. The molecule has 142 valence electrons. The molecule has 26 heavy (non-hydrogen) atoms. The van der Waals surface area contributed by atoms with Gasteiger partial charge in [-0.3, -0.25) is 0 Å². The number of hydrogen-bond acceptors (Lipinski definition) is 7. The molecule has 0 saturated heterocycles. The van der Waals surface area contributed by atoms with Gasteiger partial charge in [-0.25, -0.2) is 4.79 Å². The lowest BCUT2D eigenvalue weighted by Crippen LogP contribution is -2.03. The molecule has 0 aliphatic heterocycles. The molecule has 2 aromatic carbocycles. The topological polar surface area (TPSA) is 83.5 Å². The summed E-state index contributed by atoms with van der Waals surface area (Å²) in [6, 6.07) is 12.9. The number of esters is 1. The average molecular weight is 366 g/mol. The highest BCUT2D eigenvalue weighted by atomic mass is 16.7. The lowest BCUT2D eigenvalue weighted by Gasteiger charge is -2.05. The van der Waals surface area contributed by atoms with Crippen LogP contribution in [0, 0.1) is 0 Å². The Morgan fingerprint density at radius 2 is 1.54 bits per heavy atom. The average Bonchev–Trinajstić information content (AvgIpc) is 2.70. The van der Waals surface area contributed by atoms with E-state index in [0.29, 0.717) is 17.1 Å². The van der Waals surface area contributed by atoms with Gasteiger partial charge in [0.2, 0.25) is 0 Å². The molecule has 0 bridgehead atoms. The molecule has 2 rings (SSSR count). The van der Waals surface area contributed by atoms with E-state index in [1.165, 1.54) is 33.5 Å². The second-order valence-corrected chi connectivity index (χ2v) is 4.76. The summed E-state index contributed by atoms with van der Waals surface area (Å²) >= 11 is 0. The van der Waals surface area contributed by atoms with Gasteiger partial charge in [0, 0.05) is 14.2 Å². The number of rotatable bonds is 8. The van der Waals surface area contributed by atoms with E-state index in [0.717, 1.165) is 0 Å². The summed E-state index contributed by atoms with van der Waals surface area (Å²) in [5.74, 6) is 0.657. The number of aliphatic hydroxyl groups is 1. The number of carbonyl (C=O) groups is 1. The predicted molar refractivity (Wildman–Crippen MR) is 95.2 cm³/mol. The van der Waals surface area contributed by atoms with Gasteiger partial charge in [-0.1, -0.05) is 18.2 Å². The normalized spacial score (nSPS) is 11.4. The third-order valence-corrected chi connectivity index (χ3v) is 2.91. The van der Waals surface area contributed by atoms with Gasteiger partial charge in [0.25, 0.3) is 0 Å². The highest BCUT2D eigenvalue weighted by Gasteiger charge is 2.05. The van der Waals surface area contributed by atoms with Crippen LogP contribution in [0.2, 0.25) is 0 Å². The van der Waals surface area contributed by atoms with E-state index < -0.39 is 6.56 Å². The van der Waals surface area contributed by atoms with Crippen LogP contribution in [0.3, 0.4) is 0 Å². The molecular formula is C19H24O7. The van der Waals surface area contributed by atoms with Gasteiger partial charge < -0.3 is 28.8 Å². The van der Waals surface area contributed by atoms with Crippen molar-refractivity contribution in [2.24, 2.45) is 0 Å². The maximum Gasteiger partial charge on any atom is 0.337 e. The number of benzene rings is 2. The first kappa shape index (κ1) is 18.2. The van der Waals surface area contributed by atoms with Gasteiger partial charge >= 0.3 is 5.97 Å². The first-order valence-electron chi connectivity index (χ1n) is 8.56. The van der Waals surface area contributed by atoms with Crippen molar-refractivity contribution in [3.05, 3.63) is 59.7 Å². The van der Waals surface area contributed by atoms with Crippen LogP contribution in [0.4, 0.5) is 0 Å². The van der Waals surface area contributed by atoms with Crippen molar-refractivity contribution in [1.82, 2.24) is 0 Å². The van der Waals surface area contributed by atoms with E-state index in [-0.39, 0.29) is 25.1 Å². The Hall–Kier alpha value is -2.61. The number of ether oxygens (including phenoxy) is 5. The van der Waals surface area contributed by atoms with Gasteiger partial charge in [-0.2, -0.15) is 0 Å². The molecule has 0 aromatic heterocycles. The summed E-state index contributed by atoms with van der Waals surface area (Å²) < 4.78 is 38.4. The van der Waals surface area contributed by atoms with Crippen LogP contribution in [-0.4, -0.2) is 46.0 Å². The lowest BCUT2D eigenvalue weighted by atomic mass is 10.2. The van der Waals surface area contributed by atoms with Gasteiger partial charge in [-0.05, 0) is 35.9 Å². The molecule has 0 aliphatic carbocycles. The molecular weight excluding hydrogens is 340 g/mol. The molecule has 2 aromatic rings. The highest BCUT2D eigenvalue weighted by molar-refractivity contribution is 5.89. The number of carbonyl (C=O) groups excluding carboxylic acids is 1. The molecule has 0 amide bonds. The Labute approximate surface area is 155 Å². The molecule has 0 radical (unpaired) electrons. The predicted octanol–water partition coefficient (Wildman–Crippen LogP) is 2.62. The molecule has 0 atom stereocenters. The molecule has 0 saturated carbocycles. The quantitative estimate of drug-likeness (QED) is 0.568. The van der Waals surface area contributed by atoms with Gasteiger partial charge in [0.05, 0.1) is 22.0 Å². The summed E-state index contributed by atoms with van der Waals surface area (Å²) in [6.45, 7) is -2.09. The van der Waals surface area contributed by atoms with Crippen molar-refractivity contribution in [1.29, 1.82) is 0 Å². The summed E-state index contributed by atoms with van der Waals surface area (Å²) in [6.07, 6.45) is 0. The molecule has 0 spiro atoms.